The van der Waals surface area contributed by atoms with E-state index in [9.17, 15) is 4.79 Å². The lowest BCUT2D eigenvalue weighted by Crippen LogP contribution is -2.11. The lowest BCUT2D eigenvalue weighted by molar-refractivity contribution is 0.102. The second-order valence-electron chi connectivity index (χ2n) is 7.10. The van der Waals surface area contributed by atoms with Crippen molar-refractivity contribution < 1.29 is 14.3 Å². The Morgan fingerprint density at radius 1 is 1.03 bits per heavy atom. The van der Waals surface area contributed by atoms with Gasteiger partial charge in [-0.1, -0.05) is 22.9 Å². The Hall–Kier alpha value is -3.55. The van der Waals surface area contributed by atoms with Gasteiger partial charge in [-0.2, -0.15) is 0 Å². The van der Waals surface area contributed by atoms with Crippen molar-refractivity contribution in [1.82, 2.24) is 9.38 Å². The lowest BCUT2D eigenvalue weighted by Gasteiger charge is -2.08. The van der Waals surface area contributed by atoms with Crippen molar-refractivity contribution in [3.8, 4) is 22.8 Å². The van der Waals surface area contributed by atoms with Crippen molar-refractivity contribution in [2.45, 2.75) is 0 Å². The number of carbonyl (C=O) groups excluding carboxylic acids is 1. The average Bonchev–Trinajstić information content (AvgIpc) is 3.37. The highest BCUT2D eigenvalue weighted by molar-refractivity contribution is 7.23. The molecule has 0 saturated carbocycles. The number of halogens is 1. The fraction of sp³-hybridized carbons (Fsp3) is 0.0833. The number of amides is 1. The number of carbonyl (C=O) groups is 1. The number of methoxy groups -OCH3 is 2. The van der Waals surface area contributed by atoms with Crippen molar-refractivity contribution in [3.63, 3.8) is 0 Å². The van der Waals surface area contributed by atoms with Crippen LogP contribution in [0.4, 0.5) is 5.69 Å². The highest BCUT2D eigenvalue weighted by atomic mass is 35.5. The Balaban J connectivity index is 1.42. The van der Waals surface area contributed by atoms with Crippen LogP contribution in [0.15, 0.2) is 66.9 Å². The molecule has 0 aliphatic rings. The molecule has 2 aromatic heterocycles. The molecule has 0 atom stereocenters. The fourth-order valence-electron chi connectivity index (χ4n) is 3.49. The first-order chi connectivity index (χ1) is 15.6. The average molecular weight is 464 g/mol. The van der Waals surface area contributed by atoms with E-state index >= 15 is 0 Å². The summed E-state index contributed by atoms with van der Waals surface area (Å²) in [4.78, 5) is 18.4. The quantitative estimate of drug-likeness (QED) is 0.340. The maximum atomic E-state index is 12.8. The monoisotopic (exact) mass is 463 g/mol. The topological polar surface area (TPSA) is 64.9 Å². The largest absolute Gasteiger partial charge is 0.497 e. The number of imidazole rings is 1. The van der Waals surface area contributed by atoms with Crippen molar-refractivity contribution in [2.24, 2.45) is 0 Å². The maximum absolute atomic E-state index is 12.8. The summed E-state index contributed by atoms with van der Waals surface area (Å²) < 4.78 is 13.4. The first kappa shape index (κ1) is 20.4. The summed E-state index contributed by atoms with van der Waals surface area (Å²) in [6, 6.07) is 18.6. The smallest absolute Gasteiger partial charge is 0.255 e. The molecule has 0 radical (unpaired) electrons. The van der Waals surface area contributed by atoms with Crippen LogP contribution in [0.3, 0.4) is 0 Å². The van der Waals surface area contributed by atoms with Crippen molar-refractivity contribution >= 4 is 49.7 Å². The molecule has 0 bridgehead atoms. The van der Waals surface area contributed by atoms with Crippen molar-refractivity contribution in [1.29, 1.82) is 0 Å². The van der Waals surface area contributed by atoms with E-state index in [0.717, 1.165) is 32.2 Å². The Bertz CT molecular complexity index is 1460. The van der Waals surface area contributed by atoms with E-state index in [0.29, 0.717) is 22.0 Å². The van der Waals surface area contributed by atoms with E-state index < -0.39 is 0 Å². The van der Waals surface area contributed by atoms with Gasteiger partial charge in [-0.15, -0.1) is 0 Å². The molecule has 2 heterocycles. The molecule has 6 nitrogen and oxygen atoms in total. The number of hydrogen-bond donors (Lipinski definition) is 1. The van der Waals surface area contributed by atoms with Gasteiger partial charge in [-0.3, -0.25) is 9.20 Å². The van der Waals surface area contributed by atoms with Crippen LogP contribution in [-0.4, -0.2) is 29.5 Å². The molecule has 0 saturated heterocycles. The summed E-state index contributed by atoms with van der Waals surface area (Å²) in [5.41, 5.74) is 4.07. The molecule has 0 unspecified atom stereocenters. The van der Waals surface area contributed by atoms with Crippen LogP contribution in [0.5, 0.6) is 11.5 Å². The molecular weight excluding hydrogens is 446 g/mol. The molecule has 160 valence electrons. The number of aromatic nitrogens is 2. The molecule has 1 N–H and O–H groups in total. The molecule has 8 heteroatoms. The number of benzene rings is 3. The third-order valence-electron chi connectivity index (χ3n) is 5.15. The summed E-state index contributed by atoms with van der Waals surface area (Å²) in [6.07, 6.45) is 2.01. The highest BCUT2D eigenvalue weighted by Crippen LogP contribution is 2.31. The number of fused-ring (bicyclic) bond motifs is 3. The number of anilines is 1. The van der Waals surface area contributed by atoms with Gasteiger partial charge in [0.2, 0.25) is 0 Å². The number of hydrogen-bond acceptors (Lipinski definition) is 5. The zero-order valence-electron chi connectivity index (χ0n) is 17.3. The summed E-state index contributed by atoms with van der Waals surface area (Å²) in [6.45, 7) is 0. The van der Waals surface area contributed by atoms with Gasteiger partial charge >= 0.3 is 0 Å². The zero-order chi connectivity index (χ0) is 22.2. The summed E-state index contributed by atoms with van der Waals surface area (Å²) >= 11 is 7.69. The Labute approximate surface area is 193 Å². The van der Waals surface area contributed by atoms with E-state index in [1.54, 1.807) is 32.4 Å². The summed E-state index contributed by atoms with van der Waals surface area (Å²) in [5, 5.41) is 3.31. The first-order valence-electron chi connectivity index (χ1n) is 9.76. The molecule has 5 aromatic rings. The SMILES string of the molecule is COc1ccc(-c2cn3c(n2)sc2cc(C(=O)Nc4ccc(OC)c(Cl)c4)ccc23)cc1. The molecule has 1 amide bonds. The van der Waals surface area contributed by atoms with Crippen LogP contribution >= 0.6 is 22.9 Å². The van der Waals surface area contributed by atoms with Crippen LogP contribution < -0.4 is 14.8 Å². The van der Waals surface area contributed by atoms with Crippen molar-refractivity contribution in [2.75, 3.05) is 19.5 Å². The predicted octanol–water partition coefficient (Wildman–Crippen LogP) is 6.14. The molecule has 0 aliphatic carbocycles. The van der Waals surface area contributed by atoms with Crippen LogP contribution in [-0.2, 0) is 0 Å². The number of thiazole rings is 1. The van der Waals surface area contributed by atoms with Gasteiger partial charge < -0.3 is 14.8 Å². The summed E-state index contributed by atoms with van der Waals surface area (Å²) in [7, 11) is 3.20. The van der Waals surface area contributed by atoms with Crippen molar-refractivity contribution in [3.05, 3.63) is 77.4 Å². The maximum Gasteiger partial charge on any atom is 0.255 e. The van der Waals surface area contributed by atoms with Crippen LogP contribution in [0.1, 0.15) is 10.4 Å². The molecule has 3 aromatic carbocycles. The van der Waals surface area contributed by atoms with Gasteiger partial charge in [0.1, 0.15) is 11.5 Å². The number of nitrogens with zero attached hydrogens (tertiary/aromatic N) is 2. The Morgan fingerprint density at radius 3 is 2.56 bits per heavy atom. The first-order valence-corrected chi connectivity index (χ1v) is 11.0. The minimum Gasteiger partial charge on any atom is -0.497 e. The highest BCUT2D eigenvalue weighted by Gasteiger charge is 2.14. The number of nitrogens with one attached hydrogen (secondary N) is 1. The van der Waals surface area contributed by atoms with Gasteiger partial charge in [0.15, 0.2) is 4.96 Å². The third-order valence-corrected chi connectivity index (χ3v) is 6.46. The van der Waals surface area contributed by atoms with E-state index in [-0.39, 0.29) is 5.91 Å². The minimum absolute atomic E-state index is 0.210. The Kier molecular flexibility index (Phi) is 5.20. The zero-order valence-corrected chi connectivity index (χ0v) is 18.8. The molecule has 0 aliphatic heterocycles. The van der Waals surface area contributed by atoms with E-state index in [4.69, 9.17) is 26.1 Å². The van der Waals surface area contributed by atoms with Crippen LogP contribution in [0.25, 0.3) is 26.4 Å². The predicted molar refractivity (Wildman–Crippen MR) is 129 cm³/mol. The lowest BCUT2D eigenvalue weighted by atomic mass is 10.1. The van der Waals surface area contributed by atoms with Gasteiger partial charge in [0, 0.05) is 23.0 Å². The van der Waals surface area contributed by atoms with Gasteiger partial charge in [-0.25, -0.2) is 4.98 Å². The molecule has 32 heavy (non-hydrogen) atoms. The van der Waals surface area contributed by atoms with Crippen LogP contribution in [0.2, 0.25) is 5.02 Å². The second kappa shape index (κ2) is 8.18. The molecule has 5 rings (SSSR count). The minimum atomic E-state index is -0.210. The summed E-state index contributed by atoms with van der Waals surface area (Å²) in [5.74, 6) is 1.16. The number of rotatable bonds is 5. The Morgan fingerprint density at radius 2 is 1.84 bits per heavy atom. The molecular formula is C24H18ClN3O3S. The second-order valence-corrected chi connectivity index (χ2v) is 8.51. The third kappa shape index (κ3) is 3.66. The molecule has 0 fully saturated rings. The van der Waals surface area contributed by atoms with Gasteiger partial charge in [-0.05, 0) is 60.7 Å². The fourth-order valence-corrected chi connectivity index (χ4v) is 4.80. The van der Waals surface area contributed by atoms with Gasteiger partial charge in [0.05, 0.1) is 35.2 Å². The van der Waals surface area contributed by atoms with Gasteiger partial charge in [0.25, 0.3) is 5.91 Å². The molecule has 0 spiro atoms. The van der Waals surface area contributed by atoms with E-state index in [1.165, 1.54) is 11.3 Å². The van der Waals surface area contributed by atoms with Crippen LogP contribution in [0, 0.1) is 0 Å². The normalized spacial score (nSPS) is 11.1. The van der Waals surface area contributed by atoms with E-state index in [2.05, 4.69) is 5.32 Å². The van der Waals surface area contributed by atoms with E-state index in [1.807, 2.05) is 53.1 Å². The standard InChI is InChI=1S/C24H18ClN3O3S/c1-30-17-7-3-14(4-8-17)19-13-28-20-9-5-15(11-22(20)32-24(28)27-19)23(29)26-16-6-10-21(31-2)18(25)12-16/h3-13H,1-2H3,(H,26,29). The number of ether oxygens (including phenoxy) is 2.